The molecule has 0 radical (unpaired) electrons. The normalized spacial score (nSPS) is 10.7. The van der Waals surface area contributed by atoms with Crippen molar-refractivity contribution in [2.75, 3.05) is 12.3 Å². The van der Waals surface area contributed by atoms with Gasteiger partial charge >= 0.3 is 5.97 Å². The average Bonchev–Trinajstić information content (AvgIpc) is 2.47. The van der Waals surface area contributed by atoms with Crippen LogP contribution in [0.4, 0.5) is 5.69 Å². The molecule has 4 heteroatoms. The Kier molecular flexibility index (Phi) is 4.80. The molecule has 0 fully saturated rings. The molecule has 2 aromatic carbocycles. The summed E-state index contributed by atoms with van der Waals surface area (Å²) in [6.07, 6.45) is 3.68. The quantitative estimate of drug-likeness (QED) is 0.687. The minimum atomic E-state index is -0.425. The number of hydrogen-bond acceptors (Lipinski definition) is 3. The topological polar surface area (TPSA) is 52.3 Å². The molecule has 102 valence electrons. The lowest BCUT2D eigenvalue weighted by molar-refractivity contribution is 0.0550. The van der Waals surface area contributed by atoms with Crippen molar-refractivity contribution >= 4 is 29.3 Å². The number of carbonyl (C=O) groups excluding carboxylic acids is 1. The fraction of sp³-hybridized carbons (Fsp3) is 0.0625. The number of anilines is 1. The van der Waals surface area contributed by atoms with Gasteiger partial charge < -0.3 is 10.5 Å². The van der Waals surface area contributed by atoms with Crippen molar-refractivity contribution in [3.63, 3.8) is 0 Å². The van der Waals surface area contributed by atoms with Gasteiger partial charge in [0.05, 0.1) is 16.3 Å². The maximum absolute atomic E-state index is 11.8. The highest BCUT2D eigenvalue weighted by molar-refractivity contribution is 6.33. The maximum atomic E-state index is 11.8. The highest BCUT2D eigenvalue weighted by Gasteiger charge is 2.07. The van der Waals surface area contributed by atoms with Gasteiger partial charge in [0, 0.05) is 0 Å². The fourth-order valence-corrected chi connectivity index (χ4v) is 1.74. The van der Waals surface area contributed by atoms with E-state index in [1.165, 1.54) is 6.07 Å². The van der Waals surface area contributed by atoms with Crippen LogP contribution >= 0.6 is 11.6 Å². The Morgan fingerprint density at radius 1 is 1.20 bits per heavy atom. The molecule has 0 saturated carbocycles. The van der Waals surface area contributed by atoms with E-state index in [1.54, 1.807) is 18.2 Å². The Balaban J connectivity index is 1.89. The molecular weight excluding hydrogens is 274 g/mol. The van der Waals surface area contributed by atoms with Gasteiger partial charge in [-0.25, -0.2) is 4.79 Å². The van der Waals surface area contributed by atoms with Crippen LogP contribution in [0, 0.1) is 0 Å². The summed E-state index contributed by atoms with van der Waals surface area (Å²) in [7, 11) is 0. The van der Waals surface area contributed by atoms with E-state index in [9.17, 15) is 4.79 Å². The Bertz CT molecular complexity index is 624. The first-order chi connectivity index (χ1) is 9.66. The van der Waals surface area contributed by atoms with Crippen LogP contribution < -0.4 is 5.73 Å². The molecule has 0 aromatic heterocycles. The standard InChI is InChI=1S/C16H14ClNO2/c17-14-9-8-13(11-15(14)18)16(19)20-10-4-7-12-5-2-1-3-6-12/h1-9,11H,10,18H2/b7-4+. The smallest absolute Gasteiger partial charge is 0.338 e. The van der Waals surface area contributed by atoms with Crippen molar-refractivity contribution in [3.05, 3.63) is 70.8 Å². The summed E-state index contributed by atoms with van der Waals surface area (Å²) in [5.41, 5.74) is 7.44. The van der Waals surface area contributed by atoms with Crippen LogP contribution in [0.3, 0.4) is 0 Å². The molecule has 3 nitrogen and oxygen atoms in total. The summed E-state index contributed by atoms with van der Waals surface area (Å²) >= 11 is 5.79. The van der Waals surface area contributed by atoms with Crippen LogP contribution in [0.5, 0.6) is 0 Å². The number of hydrogen-bond donors (Lipinski definition) is 1. The number of carbonyl (C=O) groups is 1. The van der Waals surface area contributed by atoms with Crippen molar-refractivity contribution in [2.24, 2.45) is 0 Å². The van der Waals surface area contributed by atoms with Crippen LogP contribution in [-0.2, 0) is 4.74 Å². The molecule has 0 aliphatic heterocycles. The molecule has 0 aliphatic carbocycles. The molecule has 2 rings (SSSR count). The molecule has 0 saturated heterocycles. The van der Waals surface area contributed by atoms with Gasteiger partial charge in [0.2, 0.25) is 0 Å². The van der Waals surface area contributed by atoms with E-state index in [0.29, 0.717) is 16.3 Å². The van der Waals surface area contributed by atoms with Gasteiger partial charge in [-0.1, -0.05) is 48.0 Å². The molecule has 0 bridgehead atoms. The zero-order chi connectivity index (χ0) is 14.4. The SMILES string of the molecule is Nc1cc(C(=O)OC/C=C/c2ccccc2)ccc1Cl. The number of benzene rings is 2. The largest absolute Gasteiger partial charge is 0.458 e. The molecule has 0 atom stereocenters. The van der Waals surface area contributed by atoms with Gasteiger partial charge in [-0.05, 0) is 29.8 Å². The third-order valence-electron chi connectivity index (χ3n) is 2.65. The third kappa shape index (κ3) is 3.87. The minimum Gasteiger partial charge on any atom is -0.458 e. The van der Waals surface area contributed by atoms with Crippen molar-refractivity contribution in [2.45, 2.75) is 0 Å². The molecule has 0 spiro atoms. The molecular formula is C16H14ClNO2. The summed E-state index contributed by atoms with van der Waals surface area (Å²) in [6, 6.07) is 14.4. The van der Waals surface area contributed by atoms with Gasteiger partial charge in [-0.3, -0.25) is 0 Å². The van der Waals surface area contributed by atoms with Gasteiger partial charge in [0.15, 0.2) is 0 Å². The molecule has 0 heterocycles. The van der Waals surface area contributed by atoms with Crippen LogP contribution in [0.15, 0.2) is 54.6 Å². The summed E-state index contributed by atoms with van der Waals surface area (Å²) in [5.74, 6) is -0.425. The van der Waals surface area contributed by atoms with Crippen molar-refractivity contribution < 1.29 is 9.53 Å². The van der Waals surface area contributed by atoms with Gasteiger partial charge in [0.1, 0.15) is 6.61 Å². The first-order valence-electron chi connectivity index (χ1n) is 6.10. The van der Waals surface area contributed by atoms with E-state index in [0.717, 1.165) is 5.56 Å². The van der Waals surface area contributed by atoms with Crippen molar-refractivity contribution in [3.8, 4) is 0 Å². The highest BCUT2D eigenvalue weighted by atomic mass is 35.5. The summed E-state index contributed by atoms with van der Waals surface area (Å²) in [6.45, 7) is 0.205. The molecule has 2 N–H and O–H groups in total. The van der Waals surface area contributed by atoms with E-state index < -0.39 is 5.97 Å². The van der Waals surface area contributed by atoms with E-state index in [2.05, 4.69) is 0 Å². The Hall–Kier alpha value is -2.26. The average molecular weight is 288 g/mol. The van der Waals surface area contributed by atoms with Crippen LogP contribution in [0.25, 0.3) is 6.08 Å². The molecule has 2 aromatic rings. The number of ether oxygens (including phenoxy) is 1. The van der Waals surface area contributed by atoms with Crippen molar-refractivity contribution in [1.82, 2.24) is 0 Å². The van der Waals surface area contributed by atoms with Gasteiger partial charge in [0.25, 0.3) is 0 Å². The monoisotopic (exact) mass is 287 g/mol. The lowest BCUT2D eigenvalue weighted by atomic mass is 10.2. The summed E-state index contributed by atoms with van der Waals surface area (Å²) in [5, 5.41) is 0.422. The Labute approximate surface area is 122 Å². The van der Waals surface area contributed by atoms with Crippen LogP contribution in [0.1, 0.15) is 15.9 Å². The number of nitrogens with two attached hydrogens (primary N) is 1. The van der Waals surface area contributed by atoms with Crippen LogP contribution in [-0.4, -0.2) is 12.6 Å². The van der Waals surface area contributed by atoms with E-state index in [4.69, 9.17) is 22.1 Å². The zero-order valence-electron chi connectivity index (χ0n) is 10.8. The Morgan fingerprint density at radius 3 is 2.65 bits per heavy atom. The predicted octanol–water partition coefficient (Wildman–Crippen LogP) is 3.79. The molecule has 20 heavy (non-hydrogen) atoms. The number of halogens is 1. The van der Waals surface area contributed by atoms with Gasteiger partial charge in [-0.15, -0.1) is 0 Å². The molecule has 0 unspecified atom stereocenters. The summed E-state index contributed by atoms with van der Waals surface area (Å²) < 4.78 is 5.12. The number of rotatable bonds is 4. The fourth-order valence-electron chi connectivity index (χ4n) is 1.63. The van der Waals surface area contributed by atoms with E-state index >= 15 is 0 Å². The second kappa shape index (κ2) is 6.78. The van der Waals surface area contributed by atoms with Crippen molar-refractivity contribution in [1.29, 1.82) is 0 Å². The molecule has 0 aliphatic rings. The van der Waals surface area contributed by atoms with E-state index in [-0.39, 0.29) is 6.61 Å². The second-order valence-electron chi connectivity index (χ2n) is 4.15. The first-order valence-corrected chi connectivity index (χ1v) is 6.48. The lowest BCUT2D eigenvalue weighted by Crippen LogP contribution is -2.05. The number of nitrogen functional groups attached to an aromatic ring is 1. The Morgan fingerprint density at radius 2 is 1.95 bits per heavy atom. The number of esters is 1. The van der Waals surface area contributed by atoms with Gasteiger partial charge in [-0.2, -0.15) is 0 Å². The summed E-state index contributed by atoms with van der Waals surface area (Å²) in [4.78, 5) is 11.8. The lowest BCUT2D eigenvalue weighted by Gasteiger charge is -2.04. The third-order valence-corrected chi connectivity index (χ3v) is 3.00. The minimum absolute atomic E-state index is 0.205. The van der Waals surface area contributed by atoms with Crippen LogP contribution in [0.2, 0.25) is 5.02 Å². The second-order valence-corrected chi connectivity index (χ2v) is 4.56. The first kappa shape index (κ1) is 14.2. The van der Waals surface area contributed by atoms with E-state index in [1.807, 2.05) is 36.4 Å². The molecule has 0 amide bonds. The zero-order valence-corrected chi connectivity index (χ0v) is 11.5. The predicted molar refractivity (Wildman–Crippen MR) is 81.6 cm³/mol. The highest BCUT2D eigenvalue weighted by Crippen LogP contribution is 2.19. The maximum Gasteiger partial charge on any atom is 0.338 e.